The minimum Gasteiger partial charge on any atom is -0.338 e. The van der Waals surface area contributed by atoms with Crippen LogP contribution in [0.5, 0.6) is 0 Å². The van der Waals surface area contributed by atoms with E-state index in [2.05, 4.69) is 20.2 Å². The lowest BCUT2D eigenvalue weighted by molar-refractivity contribution is -0.129. The lowest BCUT2D eigenvalue weighted by atomic mass is 10.2. The SMILES string of the molecule is Cc1nc(CN(C)C(=O)Cc2ccncc2)n[nH]1. The summed E-state index contributed by atoms with van der Waals surface area (Å²) in [5.74, 6) is 1.40. The molecule has 18 heavy (non-hydrogen) atoms. The van der Waals surface area contributed by atoms with E-state index in [4.69, 9.17) is 0 Å². The number of likely N-dealkylation sites (N-methyl/N-ethyl adjacent to an activating group) is 1. The first kappa shape index (κ1) is 12.2. The van der Waals surface area contributed by atoms with E-state index in [1.54, 1.807) is 24.3 Å². The number of hydrogen-bond acceptors (Lipinski definition) is 4. The Balaban J connectivity index is 1.93. The number of H-pyrrole nitrogens is 1. The van der Waals surface area contributed by atoms with Gasteiger partial charge in [-0.2, -0.15) is 5.10 Å². The number of amides is 1. The molecule has 0 saturated carbocycles. The van der Waals surface area contributed by atoms with Gasteiger partial charge in [0.25, 0.3) is 0 Å². The Kier molecular flexibility index (Phi) is 3.66. The summed E-state index contributed by atoms with van der Waals surface area (Å²) in [4.78, 5) is 21.7. The van der Waals surface area contributed by atoms with Crippen molar-refractivity contribution in [3.63, 3.8) is 0 Å². The molecule has 0 fully saturated rings. The summed E-state index contributed by atoms with van der Waals surface area (Å²) < 4.78 is 0. The summed E-state index contributed by atoms with van der Waals surface area (Å²) in [5.41, 5.74) is 0.952. The van der Waals surface area contributed by atoms with Gasteiger partial charge in [0.15, 0.2) is 5.82 Å². The zero-order chi connectivity index (χ0) is 13.0. The third kappa shape index (κ3) is 3.13. The second-order valence-electron chi connectivity index (χ2n) is 4.12. The van der Waals surface area contributed by atoms with Gasteiger partial charge in [-0.3, -0.25) is 14.9 Å². The highest BCUT2D eigenvalue weighted by atomic mass is 16.2. The van der Waals surface area contributed by atoms with E-state index >= 15 is 0 Å². The van der Waals surface area contributed by atoms with Crippen molar-refractivity contribution in [2.24, 2.45) is 0 Å². The first-order valence-electron chi connectivity index (χ1n) is 5.66. The molecule has 0 aliphatic rings. The maximum atomic E-state index is 12.0. The largest absolute Gasteiger partial charge is 0.338 e. The average Bonchev–Trinajstić information content (AvgIpc) is 2.76. The number of carbonyl (C=O) groups is 1. The minimum absolute atomic E-state index is 0.0312. The van der Waals surface area contributed by atoms with Crippen LogP contribution in [-0.4, -0.2) is 38.0 Å². The van der Waals surface area contributed by atoms with Crippen LogP contribution < -0.4 is 0 Å². The molecule has 0 aliphatic carbocycles. The Morgan fingerprint density at radius 3 is 2.72 bits per heavy atom. The number of nitrogens with zero attached hydrogens (tertiary/aromatic N) is 4. The van der Waals surface area contributed by atoms with Crippen LogP contribution >= 0.6 is 0 Å². The van der Waals surface area contributed by atoms with E-state index in [9.17, 15) is 4.79 Å². The summed E-state index contributed by atoms with van der Waals surface area (Å²) in [7, 11) is 1.75. The zero-order valence-electron chi connectivity index (χ0n) is 10.4. The molecule has 2 rings (SSSR count). The van der Waals surface area contributed by atoms with Crippen molar-refractivity contribution >= 4 is 5.91 Å². The Bertz CT molecular complexity index is 522. The molecule has 0 spiro atoms. The third-order valence-electron chi connectivity index (χ3n) is 2.55. The molecule has 0 atom stereocenters. The fourth-order valence-electron chi connectivity index (χ4n) is 1.57. The van der Waals surface area contributed by atoms with Gasteiger partial charge in [0, 0.05) is 19.4 Å². The molecule has 0 bridgehead atoms. The molecular weight excluding hydrogens is 230 g/mol. The van der Waals surface area contributed by atoms with Crippen molar-refractivity contribution in [3.05, 3.63) is 41.7 Å². The van der Waals surface area contributed by atoms with Gasteiger partial charge < -0.3 is 4.90 Å². The molecule has 6 nitrogen and oxygen atoms in total. The van der Waals surface area contributed by atoms with Crippen LogP contribution in [0.15, 0.2) is 24.5 Å². The lowest BCUT2D eigenvalue weighted by Crippen LogP contribution is -2.28. The summed E-state index contributed by atoms with van der Waals surface area (Å²) in [5, 5.41) is 6.76. The number of aromatic amines is 1. The topological polar surface area (TPSA) is 74.8 Å². The minimum atomic E-state index is 0.0312. The summed E-state index contributed by atoms with van der Waals surface area (Å²) in [6.07, 6.45) is 3.73. The predicted molar refractivity (Wildman–Crippen MR) is 65.5 cm³/mol. The van der Waals surface area contributed by atoms with Gasteiger partial charge in [0.1, 0.15) is 5.82 Å². The second kappa shape index (κ2) is 5.39. The van der Waals surface area contributed by atoms with Crippen molar-refractivity contribution in [2.45, 2.75) is 19.9 Å². The van der Waals surface area contributed by atoms with Crippen molar-refractivity contribution in [3.8, 4) is 0 Å². The monoisotopic (exact) mass is 245 g/mol. The number of aryl methyl sites for hydroxylation is 1. The first-order chi connectivity index (χ1) is 8.65. The van der Waals surface area contributed by atoms with E-state index in [1.807, 2.05) is 19.1 Å². The van der Waals surface area contributed by atoms with Crippen LogP contribution in [0.4, 0.5) is 0 Å². The van der Waals surface area contributed by atoms with Crippen LogP contribution in [0.2, 0.25) is 0 Å². The molecule has 0 aliphatic heterocycles. The van der Waals surface area contributed by atoms with Crippen LogP contribution in [0.3, 0.4) is 0 Å². The molecule has 2 aromatic heterocycles. The van der Waals surface area contributed by atoms with Gasteiger partial charge in [-0.25, -0.2) is 4.98 Å². The Morgan fingerprint density at radius 2 is 2.11 bits per heavy atom. The van der Waals surface area contributed by atoms with Gasteiger partial charge in [-0.15, -0.1) is 0 Å². The standard InChI is InChI=1S/C12H15N5O/c1-9-14-11(16-15-9)8-17(2)12(18)7-10-3-5-13-6-4-10/h3-6H,7-8H2,1-2H3,(H,14,15,16). The molecule has 6 heteroatoms. The van der Waals surface area contributed by atoms with E-state index < -0.39 is 0 Å². The molecule has 2 aromatic rings. The molecule has 1 amide bonds. The van der Waals surface area contributed by atoms with Crippen LogP contribution in [0.25, 0.3) is 0 Å². The van der Waals surface area contributed by atoms with E-state index in [0.29, 0.717) is 18.8 Å². The Labute approximate surface area is 105 Å². The van der Waals surface area contributed by atoms with Crippen molar-refractivity contribution in [1.82, 2.24) is 25.1 Å². The molecule has 0 aromatic carbocycles. The van der Waals surface area contributed by atoms with Crippen LogP contribution in [-0.2, 0) is 17.8 Å². The number of pyridine rings is 1. The molecule has 0 saturated heterocycles. The van der Waals surface area contributed by atoms with Crippen molar-refractivity contribution in [1.29, 1.82) is 0 Å². The third-order valence-corrected chi connectivity index (χ3v) is 2.55. The Morgan fingerprint density at radius 1 is 1.39 bits per heavy atom. The quantitative estimate of drug-likeness (QED) is 0.860. The van der Waals surface area contributed by atoms with Gasteiger partial charge in [0.05, 0.1) is 13.0 Å². The highest BCUT2D eigenvalue weighted by Crippen LogP contribution is 2.03. The number of carbonyl (C=O) groups excluding carboxylic acids is 1. The molecule has 0 radical (unpaired) electrons. The number of aromatic nitrogens is 4. The lowest BCUT2D eigenvalue weighted by Gasteiger charge is -2.15. The number of hydrogen-bond donors (Lipinski definition) is 1. The summed E-state index contributed by atoms with van der Waals surface area (Å²) in [6, 6.07) is 3.67. The highest BCUT2D eigenvalue weighted by molar-refractivity contribution is 5.78. The number of rotatable bonds is 4. The highest BCUT2D eigenvalue weighted by Gasteiger charge is 2.12. The predicted octanol–water partition coefficient (Wildman–Crippen LogP) is 0.709. The normalized spacial score (nSPS) is 10.3. The fraction of sp³-hybridized carbons (Fsp3) is 0.333. The molecule has 2 heterocycles. The first-order valence-corrected chi connectivity index (χ1v) is 5.66. The maximum Gasteiger partial charge on any atom is 0.227 e. The van der Waals surface area contributed by atoms with E-state index in [1.165, 1.54) is 0 Å². The molecule has 1 N–H and O–H groups in total. The molecular formula is C12H15N5O. The molecule has 94 valence electrons. The van der Waals surface area contributed by atoms with E-state index in [-0.39, 0.29) is 5.91 Å². The van der Waals surface area contributed by atoms with Crippen molar-refractivity contribution < 1.29 is 4.79 Å². The summed E-state index contributed by atoms with van der Waals surface area (Å²) in [6.45, 7) is 2.24. The van der Waals surface area contributed by atoms with Gasteiger partial charge >= 0.3 is 0 Å². The van der Waals surface area contributed by atoms with Crippen LogP contribution in [0.1, 0.15) is 17.2 Å². The van der Waals surface area contributed by atoms with Crippen molar-refractivity contribution in [2.75, 3.05) is 7.05 Å². The van der Waals surface area contributed by atoms with E-state index in [0.717, 1.165) is 11.4 Å². The Hall–Kier alpha value is -2.24. The average molecular weight is 245 g/mol. The van der Waals surface area contributed by atoms with Gasteiger partial charge in [-0.1, -0.05) is 0 Å². The summed E-state index contributed by atoms with van der Waals surface area (Å²) >= 11 is 0. The van der Waals surface area contributed by atoms with Gasteiger partial charge in [0.2, 0.25) is 5.91 Å². The maximum absolute atomic E-state index is 12.0. The smallest absolute Gasteiger partial charge is 0.227 e. The fourth-order valence-corrected chi connectivity index (χ4v) is 1.57. The van der Waals surface area contributed by atoms with Crippen LogP contribution in [0, 0.1) is 6.92 Å². The van der Waals surface area contributed by atoms with Gasteiger partial charge in [-0.05, 0) is 24.6 Å². The zero-order valence-corrected chi connectivity index (χ0v) is 10.4. The molecule has 0 unspecified atom stereocenters. The second-order valence-corrected chi connectivity index (χ2v) is 4.12. The number of nitrogens with one attached hydrogen (secondary N) is 1.